The average Bonchev–Trinajstić information content (AvgIpc) is 3.46. The molecule has 36 heavy (non-hydrogen) atoms. The Hall–Kier alpha value is -4.11. The van der Waals surface area contributed by atoms with Crippen LogP contribution in [0.2, 0.25) is 0 Å². The van der Waals surface area contributed by atoms with E-state index in [-0.39, 0.29) is 5.95 Å². The Bertz CT molecular complexity index is 1640. The summed E-state index contributed by atoms with van der Waals surface area (Å²) in [5, 5.41) is 2.65. The van der Waals surface area contributed by atoms with Crippen LogP contribution in [-0.2, 0) is 10.0 Å². The van der Waals surface area contributed by atoms with Crippen molar-refractivity contribution in [3.8, 4) is 33.9 Å². The number of fused-ring (bicyclic) bond motifs is 1. The first-order valence-corrected chi connectivity index (χ1v) is 13.3. The molecule has 0 atom stereocenters. The molecular weight excluding hydrogens is 472 g/mol. The summed E-state index contributed by atoms with van der Waals surface area (Å²) in [5.41, 5.74) is 12.2. The number of nitrogen functional groups attached to an aromatic ring is 1. The maximum atomic E-state index is 13.0. The van der Waals surface area contributed by atoms with Crippen molar-refractivity contribution in [2.75, 3.05) is 17.6 Å². The zero-order valence-corrected chi connectivity index (χ0v) is 21.2. The number of aromatic nitrogens is 4. The molecule has 5 rings (SSSR count). The van der Waals surface area contributed by atoms with E-state index in [1.54, 1.807) is 26.0 Å². The summed E-state index contributed by atoms with van der Waals surface area (Å²) in [6.45, 7) is 6.15. The van der Waals surface area contributed by atoms with E-state index in [1.165, 1.54) is 0 Å². The van der Waals surface area contributed by atoms with E-state index in [4.69, 9.17) is 10.7 Å². The zero-order valence-electron chi connectivity index (χ0n) is 20.4. The molecule has 0 aliphatic carbocycles. The molecular formula is C27H28N6O2S. The monoisotopic (exact) mass is 500 g/mol. The normalized spacial score (nSPS) is 11.9. The van der Waals surface area contributed by atoms with Crippen molar-refractivity contribution in [2.24, 2.45) is 0 Å². The van der Waals surface area contributed by atoms with Crippen LogP contribution in [0.25, 0.3) is 44.9 Å². The van der Waals surface area contributed by atoms with Crippen molar-refractivity contribution >= 4 is 32.7 Å². The third-order valence-electron chi connectivity index (χ3n) is 6.07. The van der Waals surface area contributed by atoms with E-state index in [2.05, 4.69) is 22.2 Å². The summed E-state index contributed by atoms with van der Waals surface area (Å²) in [6, 6.07) is 23.5. The SMILES string of the molecule is CCNc1ccc(-c2nc(-c3ccc4nc(N)n(S(=O)(=O)C(C)C)c4c3)c(-c3ccccc3)[nH]2)cc1. The Kier molecular flexibility index (Phi) is 6.01. The number of rotatable bonds is 7. The minimum Gasteiger partial charge on any atom is -0.385 e. The number of imidazole rings is 2. The van der Waals surface area contributed by atoms with Crippen LogP contribution in [0.3, 0.4) is 0 Å². The van der Waals surface area contributed by atoms with Gasteiger partial charge in [0, 0.05) is 28.9 Å². The van der Waals surface area contributed by atoms with Crippen molar-refractivity contribution in [2.45, 2.75) is 26.0 Å². The van der Waals surface area contributed by atoms with Gasteiger partial charge in [-0.1, -0.05) is 36.4 Å². The molecule has 0 aliphatic rings. The number of H-pyrrole nitrogens is 1. The van der Waals surface area contributed by atoms with Crippen LogP contribution >= 0.6 is 0 Å². The van der Waals surface area contributed by atoms with Gasteiger partial charge in [-0.25, -0.2) is 22.4 Å². The second-order valence-corrected chi connectivity index (χ2v) is 11.2. The predicted octanol–water partition coefficient (Wildman–Crippen LogP) is 5.36. The molecule has 0 radical (unpaired) electrons. The number of benzene rings is 3. The summed E-state index contributed by atoms with van der Waals surface area (Å²) in [6.07, 6.45) is 0. The van der Waals surface area contributed by atoms with Crippen LogP contribution in [-0.4, -0.2) is 39.1 Å². The lowest BCUT2D eigenvalue weighted by Gasteiger charge is -2.11. The van der Waals surface area contributed by atoms with Gasteiger partial charge in [-0.2, -0.15) is 0 Å². The van der Waals surface area contributed by atoms with Crippen LogP contribution in [0.5, 0.6) is 0 Å². The van der Waals surface area contributed by atoms with Gasteiger partial charge in [0.2, 0.25) is 16.0 Å². The molecule has 4 N–H and O–H groups in total. The highest BCUT2D eigenvalue weighted by Gasteiger charge is 2.25. The number of anilines is 2. The quantitative estimate of drug-likeness (QED) is 0.277. The number of nitrogens with two attached hydrogens (primary N) is 1. The van der Waals surface area contributed by atoms with Crippen molar-refractivity contribution in [3.63, 3.8) is 0 Å². The molecule has 0 bridgehead atoms. The van der Waals surface area contributed by atoms with Crippen LogP contribution in [0.1, 0.15) is 20.8 Å². The van der Waals surface area contributed by atoms with E-state index in [9.17, 15) is 8.42 Å². The van der Waals surface area contributed by atoms with Crippen molar-refractivity contribution in [3.05, 3.63) is 72.8 Å². The van der Waals surface area contributed by atoms with Crippen molar-refractivity contribution < 1.29 is 8.42 Å². The number of aromatic amines is 1. The summed E-state index contributed by atoms with van der Waals surface area (Å²) in [4.78, 5) is 12.7. The van der Waals surface area contributed by atoms with Crippen molar-refractivity contribution in [1.82, 2.24) is 18.9 Å². The van der Waals surface area contributed by atoms with Gasteiger partial charge in [0.1, 0.15) is 5.82 Å². The first-order chi connectivity index (χ1) is 17.3. The maximum Gasteiger partial charge on any atom is 0.244 e. The van der Waals surface area contributed by atoms with Gasteiger partial charge < -0.3 is 16.0 Å². The number of nitrogens with one attached hydrogen (secondary N) is 2. The molecule has 0 saturated carbocycles. The van der Waals surface area contributed by atoms with E-state index in [0.717, 1.165) is 44.4 Å². The number of hydrogen-bond acceptors (Lipinski definition) is 6. The van der Waals surface area contributed by atoms with Gasteiger partial charge in [-0.05, 0) is 57.2 Å². The van der Waals surface area contributed by atoms with Crippen LogP contribution in [0.15, 0.2) is 72.8 Å². The number of nitrogens with zero attached hydrogens (tertiary/aromatic N) is 3. The Morgan fingerprint density at radius 2 is 1.64 bits per heavy atom. The molecule has 3 aromatic carbocycles. The lowest BCUT2D eigenvalue weighted by Crippen LogP contribution is -2.23. The fourth-order valence-corrected chi connectivity index (χ4v) is 5.32. The van der Waals surface area contributed by atoms with Gasteiger partial charge in [0.05, 0.1) is 27.7 Å². The topological polar surface area (TPSA) is 119 Å². The second-order valence-electron chi connectivity index (χ2n) is 8.81. The summed E-state index contributed by atoms with van der Waals surface area (Å²) in [5.74, 6) is 0.664. The van der Waals surface area contributed by atoms with E-state index in [0.29, 0.717) is 16.7 Å². The summed E-state index contributed by atoms with van der Waals surface area (Å²) < 4.78 is 27.2. The minimum atomic E-state index is -3.70. The molecule has 0 spiro atoms. The smallest absolute Gasteiger partial charge is 0.244 e. The standard InChI is InChI=1S/C27H28N6O2S/c1-4-29-21-13-10-19(11-14-21)26-31-24(18-8-6-5-7-9-18)25(32-26)20-12-15-22-23(16-20)33(27(28)30-22)36(34,35)17(2)3/h5-17,29H,4H2,1-3H3,(H2,28,30)(H,31,32). The molecule has 2 heterocycles. The molecule has 0 fully saturated rings. The molecule has 2 aromatic heterocycles. The lowest BCUT2D eigenvalue weighted by atomic mass is 10.0. The number of hydrogen-bond donors (Lipinski definition) is 3. The molecule has 8 nitrogen and oxygen atoms in total. The fourth-order valence-electron chi connectivity index (χ4n) is 4.18. The molecule has 9 heteroatoms. The Morgan fingerprint density at radius 1 is 0.944 bits per heavy atom. The predicted molar refractivity (Wildman–Crippen MR) is 146 cm³/mol. The molecule has 0 amide bonds. The van der Waals surface area contributed by atoms with Gasteiger partial charge in [0.25, 0.3) is 0 Å². The van der Waals surface area contributed by atoms with Gasteiger partial charge in [-0.3, -0.25) is 0 Å². The molecule has 184 valence electrons. The Balaban J connectivity index is 1.69. The molecule has 5 aromatic rings. The van der Waals surface area contributed by atoms with Crippen LogP contribution < -0.4 is 11.1 Å². The molecule has 0 unspecified atom stereocenters. The first kappa shape index (κ1) is 23.6. The van der Waals surface area contributed by atoms with Gasteiger partial charge in [0.15, 0.2) is 0 Å². The highest BCUT2D eigenvalue weighted by atomic mass is 32.2. The van der Waals surface area contributed by atoms with E-state index < -0.39 is 15.3 Å². The highest BCUT2D eigenvalue weighted by molar-refractivity contribution is 7.90. The fraction of sp³-hybridized carbons (Fsp3) is 0.185. The maximum absolute atomic E-state index is 13.0. The average molecular weight is 501 g/mol. The molecule has 0 saturated heterocycles. The van der Waals surface area contributed by atoms with Crippen LogP contribution in [0.4, 0.5) is 11.6 Å². The third kappa shape index (κ3) is 4.11. The van der Waals surface area contributed by atoms with Gasteiger partial charge in [-0.15, -0.1) is 0 Å². The zero-order chi connectivity index (χ0) is 25.4. The lowest BCUT2D eigenvalue weighted by molar-refractivity contribution is 0.580. The van der Waals surface area contributed by atoms with Crippen molar-refractivity contribution in [1.29, 1.82) is 0 Å². The summed E-state index contributed by atoms with van der Waals surface area (Å²) >= 11 is 0. The first-order valence-electron chi connectivity index (χ1n) is 11.8. The summed E-state index contributed by atoms with van der Waals surface area (Å²) in [7, 11) is -3.70. The minimum absolute atomic E-state index is 0.0531. The van der Waals surface area contributed by atoms with E-state index in [1.807, 2.05) is 60.7 Å². The van der Waals surface area contributed by atoms with E-state index >= 15 is 0 Å². The van der Waals surface area contributed by atoms with Crippen LogP contribution in [0, 0.1) is 0 Å². The Labute approximate surface area is 210 Å². The Morgan fingerprint density at radius 3 is 2.31 bits per heavy atom. The van der Waals surface area contributed by atoms with Gasteiger partial charge >= 0.3 is 0 Å². The second kappa shape index (κ2) is 9.16. The third-order valence-corrected chi connectivity index (χ3v) is 8.15. The highest BCUT2D eigenvalue weighted by Crippen LogP contribution is 2.35. The molecule has 0 aliphatic heterocycles. The largest absolute Gasteiger partial charge is 0.385 e.